The van der Waals surface area contributed by atoms with Gasteiger partial charge >= 0.3 is 0 Å². The van der Waals surface area contributed by atoms with Gasteiger partial charge in [-0.05, 0) is 42.9 Å². The molecule has 0 N–H and O–H groups in total. The molecule has 2 aromatic carbocycles. The molecule has 0 saturated carbocycles. The highest BCUT2D eigenvalue weighted by atomic mass is 16.5. The van der Waals surface area contributed by atoms with Crippen LogP contribution in [0.15, 0.2) is 42.5 Å². The van der Waals surface area contributed by atoms with E-state index in [9.17, 15) is 14.4 Å². The smallest absolute Gasteiger partial charge is 0.265 e. The van der Waals surface area contributed by atoms with E-state index < -0.39 is 0 Å². The Balaban J connectivity index is 1.50. The van der Waals surface area contributed by atoms with Crippen molar-refractivity contribution in [3.8, 4) is 5.75 Å². The first-order chi connectivity index (χ1) is 14.0. The van der Waals surface area contributed by atoms with Crippen LogP contribution in [0.25, 0.3) is 0 Å². The van der Waals surface area contributed by atoms with Crippen molar-refractivity contribution >= 4 is 23.8 Å². The molecule has 2 aromatic rings. The maximum Gasteiger partial charge on any atom is 0.265 e. The molecule has 7 nitrogen and oxygen atoms in total. The van der Waals surface area contributed by atoms with Crippen molar-refractivity contribution in [2.45, 2.75) is 6.54 Å². The lowest BCUT2D eigenvalue weighted by Crippen LogP contribution is -2.47. The van der Waals surface area contributed by atoms with Crippen molar-refractivity contribution in [2.24, 2.45) is 0 Å². The van der Waals surface area contributed by atoms with Crippen LogP contribution in [0.3, 0.4) is 0 Å². The number of rotatable bonds is 4. The molecule has 2 amide bonds. The fraction of sp³-hybridized carbons (Fsp3) is 0.318. The number of carbonyl (C=O) groups is 3. The van der Waals surface area contributed by atoms with Gasteiger partial charge in [0.1, 0.15) is 12.0 Å². The van der Waals surface area contributed by atoms with Crippen molar-refractivity contribution in [3.63, 3.8) is 0 Å². The maximum absolute atomic E-state index is 12.7. The molecule has 4 rings (SSSR count). The summed E-state index contributed by atoms with van der Waals surface area (Å²) < 4.78 is 5.47. The van der Waals surface area contributed by atoms with Gasteiger partial charge < -0.3 is 19.4 Å². The summed E-state index contributed by atoms with van der Waals surface area (Å²) >= 11 is 0. The summed E-state index contributed by atoms with van der Waals surface area (Å²) in [5, 5.41) is 0. The number of aldehydes is 1. The lowest BCUT2D eigenvalue weighted by molar-refractivity contribution is -0.121. The third kappa shape index (κ3) is 4.00. The van der Waals surface area contributed by atoms with E-state index >= 15 is 0 Å². The van der Waals surface area contributed by atoms with Crippen molar-refractivity contribution in [1.82, 2.24) is 9.80 Å². The second kappa shape index (κ2) is 8.05. The number of carbonyl (C=O) groups excluding carboxylic acids is 3. The number of fused-ring (bicyclic) bond motifs is 1. The zero-order valence-corrected chi connectivity index (χ0v) is 16.3. The van der Waals surface area contributed by atoms with Gasteiger partial charge in [0.15, 0.2) is 6.61 Å². The van der Waals surface area contributed by atoms with Crippen LogP contribution in [-0.4, -0.2) is 67.7 Å². The Morgan fingerprint density at radius 1 is 1.07 bits per heavy atom. The molecule has 0 radical (unpaired) electrons. The summed E-state index contributed by atoms with van der Waals surface area (Å²) in [5.74, 6) is 0.447. The second-order valence-corrected chi connectivity index (χ2v) is 7.41. The minimum Gasteiger partial charge on any atom is -0.482 e. The molecule has 0 atom stereocenters. The Labute approximate surface area is 169 Å². The Morgan fingerprint density at radius 2 is 1.79 bits per heavy atom. The number of hydrogen-bond donors (Lipinski definition) is 0. The van der Waals surface area contributed by atoms with Crippen molar-refractivity contribution in [3.05, 3.63) is 59.2 Å². The van der Waals surface area contributed by atoms with Crippen molar-refractivity contribution in [2.75, 3.05) is 44.7 Å². The van der Waals surface area contributed by atoms with Gasteiger partial charge in [0.2, 0.25) is 0 Å². The van der Waals surface area contributed by atoms with Crippen molar-refractivity contribution < 1.29 is 19.1 Å². The minimum atomic E-state index is -0.168. The average Bonchev–Trinajstić information content (AvgIpc) is 2.76. The lowest BCUT2D eigenvalue weighted by Gasteiger charge is -2.32. The van der Waals surface area contributed by atoms with E-state index in [0.29, 0.717) is 29.1 Å². The molecule has 150 valence electrons. The Bertz CT molecular complexity index is 934. The molecule has 1 fully saturated rings. The number of likely N-dealkylation sites (N-methyl/N-ethyl adjacent to an activating group) is 1. The van der Waals surface area contributed by atoms with Gasteiger partial charge in [-0.15, -0.1) is 0 Å². The summed E-state index contributed by atoms with van der Waals surface area (Å²) in [7, 11) is 2.06. The van der Waals surface area contributed by atoms with Gasteiger partial charge in [0.25, 0.3) is 11.8 Å². The second-order valence-electron chi connectivity index (χ2n) is 7.41. The SMILES string of the molecule is CN1CCN(C(=O)c2ccc(CN3C(=O)COc4ccc(C=O)cc43)cc2)CC1. The molecule has 7 heteroatoms. The van der Waals surface area contributed by atoms with E-state index in [0.717, 1.165) is 38.0 Å². The third-order valence-electron chi connectivity index (χ3n) is 5.39. The predicted octanol–water partition coefficient (Wildman–Crippen LogP) is 1.81. The average molecular weight is 393 g/mol. The molecule has 0 bridgehead atoms. The fourth-order valence-electron chi connectivity index (χ4n) is 3.59. The number of ether oxygens (including phenoxy) is 1. The summed E-state index contributed by atoms with van der Waals surface area (Å²) in [6, 6.07) is 12.4. The van der Waals surface area contributed by atoms with Crippen LogP contribution < -0.4 is 9.64 Å². The first-order valence-corrected chi connectivity index (χ1v) is 9.64. The van der Waals surface area contributed by atoms with Crippen LogP contribution >= 0.6 is 0 Å². The number of hydrogen-bond acceptors (Lipinski definition) is 5. The topological polar surface area (TPSA) is 70.2 Å². The van der Waals surface area contributed by atoms with Crippen LogP contribution in [0, 0.1) is 0 Å². The minimum absolute atomic E-state index is 0.0343. The van der Waals surface area contributed by atoms with Crippen LogP contribution in [0.1, 0.15) is 26.3 Å². The van der Waals surface area contributed by atoms with Gasteiger partial charge in [-0.3, -0.25) is 14.4 Å². The third-order valence-corrected chi connectivity index (χ3v) is 5.39. The van der Waals surface area contributed by atoms with Crippen LogP contribution in [0.5, 0.6) is 5.75 Å². The van der Waals surface area contributed by atoms with Gasteiger partial charge in [0.05, 0.1) is 12.2 Å². The summed E-state index contributed by atoms with van der Waals surface area (Å²) in [4.78, 5) is 41.9. The normalized spacial score (nSPS) is 16.9. The lowest BCUT2D eigenvalue weighted by atomic mass is 10.1. The van der Waals surface area contributed by atoms with E-state index in [4.69, 9.17) is 4.74 Å². The zero-order valence-electron chi connectivity index (χ0n) is 16.3. The maximum atomic E-state index is 12.7. The van der Waals surface area contributed by atoms with Gasteiger partial charge in [-0.1, -0.05) is 12.1 Å². The fourth-order valence-corrected chi connectivity index (χ4v) is 3.59. The zero-order chi connectivity index (χ0) is 20.4. The van der Waals surface area contributed by atoms with E-state index in [-0.39, 0.29) is 18.4 Å². The van der Waals surface area contributed by atoms with Crippen LogP contribution in [0.2, 0.25) is 0 Å². The quantitative estimate of drug-likeness (QED) is 0.741. The number of piperazine rings is 1. The molecule has 0 unspecified atom stereocenters. The Kier molecular flexibility index (Phi) is 5.31. The Morgan fingerprint density at radius 3 is 2.48 bits per heavy atom. The summed E-state index contributed by atoms with van der Waals surface area (Å²) in [6.45, 7) is 3.54. The highest BCUT2D eigenvalue weighted by Crippen LogP contribution is 2.33. The monoisotopic (exact) mass is 393 g/mol. The van der Waals surface area contributed by atoms with Gasteiger partial charge in [-0.2, -0.15) is 0 Å². The van der Waals surface area contributed by atoms with E-state index in [1.807, 2.05) is 29.2 Å². The number of nitrogens with zero attached hydrogens (tertiary/aromatic N) is 3. The van der Waals surface area contributed by atoms with Gasteiger partial charge in [0, 0.05) is 37.3 Å². The predicted molar refractivity (Wildman–Crippen MR) is 108 cm³/mol. The Hall–Kier alpha value is -3.19. The van der Waals surface area contributed by atoms with Crippen LogP contribution in [-0.2, 0) is 11.3 Å². The molecular formula is C22H23N3O4. The largest absolute Gasteiger partial charge is 0.482 e. The molecule has 0 aromatic heterocycles. The molecule has 29 heavy (non-hydrogen) atoms. The number of amides is 2. The molecule has 0 spiro atoms. The van der Waals surface area contributed by atoms with E-state index in [2.05, 4.69) is 11.9 Å². The molecule has 0 aliphatic carbocycles. The number of benzene rings is 2. The summed E-state index contributed by atoms with van der Waals surface area (Å²) in [6.07, 6.45) is 0.746. The van der Waals surface area contributed by atoms with Crippen LogP contribution in [0.4, 0.5) is 5.69 Å². The molecule has 2 aliphatic heterocycles. The molecule has 2 heterocycles. The standard InChI is InChI=1S/C22H23N3O4/c1-23-8-10-24(11-9-23)22(28)18-5-2-16(3-6-18)13-25-19-12-17(14-26)4-7-20(19)29-15-21(25)27/h2-7,12,14H,8-11,13,15H2,1H3. The molecular weight excluding hydrogens is 370 g/mol. The molecule has 2 aliphatic rings. The number of anilines is 1. The molecule has 1 saturated heterocycles. The highest BCUT2D eigenvalue weighted by Gasteiger charge is 2.26. The van der Waals surface area contributed by atoms with Crippen molar-refractivity contribution in [1.29, 1.82) is 0 Å². The van der Waals surface area contributed by atoms with Gasteiger partial charge in [-0.25, -0.2) is 0 Å². The first kappa shape index (κ1) is 19.1. The first-order valence-electron chi connectivity index (χ1n) is 9.64. The van der Waals surface area contributed by atoms with E-state index in [1.54, 1.807) is 23.1 Å². The van der Waals surface area contributed by atoms with E-state index in [1.165, 1.54) is 0 Å². The summed E-state index contributed by atoms with van der Waals surface area (Å²) in [5.41, 5.74) is 2.62. The highest BCUT2D eigenvalue weighted by molar-refractivity contribution is 5.99.